The Morgan fingerprint density at radius 3 is 2.52 bits per heavy atom. The van der Waals surface area contributed by atoms with E-state index in [-0.39, 0.29) is 0 Å². The van der Waals surface area contributed by atoms with Crippen LogP contribution in [0.5, 0.6) is 0 Å². The van der Waals surface area contributed by atoms with Gasteiger partial charge < -0.3 is 10.1 Å². The van der Waals surface area contributed by atoms with Crippen LogP contribution in [0, 0.1) is 0 Å². The number of rotatable bonds is 3. The molecule has 4 heteroatoms. The third-order valence-corrected chi connectivity index (χ3v) is 7.07. The van der Waals surface area contributed by atoms with Crippen molar-refractivity contribution in [2.45, 2.75) is 77.4 Å². The van der Waals surface area contributed by atoms with Crippen molar-refractivity contribution in [3.8, 4) is 11.3 Å². The van der Waals surface area contributed by atoms with Crippen molar-refractivity contribution < 1.29 is 0 Å². The Hall–Kier alpha value is -2.33. The number of hydrogen-bond donors (Lipinski definition) is 1. The number of aromatic nitrogens is 2. The van der Waals surface area contributed by atoms with E-state index in [9.17, 15) is 0 Å². The summed E-state index contributed by atoms with van der Waals surface area (Å²) in [6.07, 6.45) is 10.9. The number of aryl methyl sites for hydroxylation is 2. The van der Waals surface area contributed by atoms with Gasteiger partial charge in [0, 0.05) is 36.1 Å². The van der Waals surface area contributed by atoms with Crippen LogP contribution in [0.4, 0.5) is 5.69 Å². The summed E-state index contributed by atoms with van der Waals surface area (Å²) >= 11 is 0. The van der Waals surface area contributed by atoms with Gasteiger partial charge in [0.25, 0.3) is 0 Å². The first kappa shape index (κ1) is 18.7. The Morgan fingerprint density at radius 1 is 0.966 bits per heavy atom. The van der Waals surface area contributed by atoms with Crippen molar-refractivity contribution in [2.24, 2.45) is 0 Å². The predicted molar refractivity (Wildman–Crippen MR) is 120 cm³/mol. The van der Waals surface area contributed by atoms with Gasteiger partial charge in [-0.15, -0.1) is 0 Å². The molecule has 2 atom stereocenters. The first-order valence-corrected chi connectivity index (χ1v) is 11.2. The minimum Gasteiger partial charge on any atom is -0.398 e. The maximum Gasteiger partial charge on any atom is 0.137 e. The van der Waals surface area contributed by atoms with Gasteiger partial charge in [-0.2, -0.15) is 0 Å². The van der Waals surface area contributed by atoms with E-state index in [0.717, 1.165) is 23.6 Å². The van der Waals surface area contributed by atoms with Crippen LogP contribution in [0.1, 0.15) is 62.8 Å². The molecule has 1 aliphatic carbocycles. The molecule has 0 amide bonds. The molecule has 1 aromatic carbocycles. The number of hydrogen-bond acceptors (Lipinski definition) is 3. The molecule has 0 bridgehead atoms. The number of imidazole rings is 1. The molecular weight excluding hydrogens is 356 g/mol. The van der Waals surface area contributed by atoms with E-state index >= 15 is 0 Å². The zero-order valence-corrected chi connectivity index (χ0v) is 17.7. The Bertz CT molecular complexity index is 1020. The van der Waals surface area contributed by atoms with E-state index < -0.39 is 0 Å². The molecule has 2 aromatic heterocycles. The number of fused-ring (bicyclic) bond motifs is 2. The highest BCUT2D eigenvalue weighted by atomic mass is 15.2. The standard InChI is InChI=1S/C25H32N4/c1-17-6-5-7-18(2)28(17)16-23-25(27-24-13-12-22(26)15-29(23)24)21-11-10-19-8-3-4-9-20(19)14-21/h10-15,17-18H,3-9,16,26H2,1-2H3. The molecule has 5 rings (SSSR count). The third kappa shape index (κ3) is 3.44. The number of benzene rings is 1. The average Bonchev–Trinajstić information content (AvgIpc) is 3.08. The smallest absolute Gasteiger partial charge is 0.137 e. The molecule has 0 saturated carbocycles. The average molecular weight is 389 g/mol. The topological polar surface area (TPSA) is 46.6 Å². The molecule has 2 aliphatic rings. The lowest BCUT2D eigenvalue weighted by atomic mass is 9.89. The van der Waals surface area contributed by atoms with E-state index in [4.69, 9.17) is 10.7 Å². The highest BCUT2D eigenvalue weighted by Gasteiger charge is 2.27. The van der Waals surface area contributed by atoms with Crippen LogP contribution >= 0.6 is 0 Å². The van der Waals surface area contributed by atoms with Crippen molar-refractivity contribution in [3.63, 3.8) is 0 Å². The van der Waals surface area contributed by atoms with Crippen LogP contribution in [0.3, 0.4) is 0 Å². The van der Waals surface area contributed by atoms with Gasteiger partial charge in [0.2, 0.25) is 0 Å². The summed E-state index contributed by atoms with van der Waals surface area (Å²) in [6.45, 7) is 5.65. The SMILES string of the molecule is CC1CCCC(C)N1Cc1c(-c2ccc3c(c2)CCCC3)nc2ccc(N)cn12. The number of nitrogen functional groups attached to an aromatic ring is 1. The van der Waals surface area contributed by atoms with E-state index in [1.165, 1.54) is 67.3 Å². The van der Waals surface area contributed by atoms with Crippen LogP contribution in [-0.4, -0.2) is 26.4 Å². The Labute approximate surface area is 173 Å². The molecule has 29 heavy (non-hydrogen) atoms. The molecule has 3 aromatic rings. The lowest BCUT2D eigenvalue weighted by Gasteiger charge is -2.39. The van der Waals surface area contributed by atoms with Gasteiger partial charge >= 0.3 is 0 Å². The Morgan fingerprint density at radius 2 is 1.72 bits per heavy atom. The van der Waals surface area contributed by atoms with Crippen molar-refractivity contribution in [2.75, 3.05) is 5.73 Å². The van der Waals surface area contributed by atoms with Gasteiger partial charge in [-0.25, -0.2) is 4.98 Å². The first-order valence-electron chi connectivity index (χ1n) is 11.2. The van der Waals surface area contributed by atoms with Crippen molar-refractivity contribution in [1.82, 2.24) is 14.3 Å². The zero-order valence-electron chi connectivity index (χ0n) is 17.7. The molecule has 152 valence electrons. The normalized spacial score (nSPS) is 22.7. The summed E-state index contributed by atoms with van der Waals surface area (Å²) in [6, 6.07) is 12.2. The number of likely N-dealkylation sites (tertiary alicyclic amines) is 1. The van der Waals surface area contributed by atoms with Gasteiger partial charge in [-0.05, 0) is 81.7 Å². The van der Waals surface area contributed by atoms with Gasteiger partial charge in [0.05, 0.1) is 11.4 Å². The van der Waals surface area contributed by atoms with Gasteiger partial charge in [0.15, 0.2) is 0 Å². The second-order valence-electron chi connectivity index (χ2n) is 9.09. The number of piperidine rings is 1. The molecule has 4 nitrogen and oxygen atoms in total. The molecular formula is C25H32N4. The molecule has 1 fully saturated rings. The lowest BCUT2D eigenvalue weighted by molar-refractivity contribution is 0.0937. The minimum absolute atomic E-state index is 0.599. The van der Waals surface area contributed by atoms with Crippen molar-refractivity contribution in [3.05, 3.63) is 53.3 Å². The van der Waals surface area contributed by atoms with Crippen LogP contribution in [-0.2, 0) is 19.4 Å². The highest BCUT2D eigenvalue weighted by Crippen LogP contribution is 2.33. The quantitative estimate of drug-likeness (QED) is 0.669. The number of nitrogens with zero attached hydrogens (tertiary/aromatic N) is 3. The molecule has 0 spiro atoms. The molecule has 2 N–H and O–H groups in total. The van der Waals surface area contributed by atoms with Gasteiger partial charge in [0.1, 0.15) is 5.65 Å². The fourth-order valence-electron chi connectivity index (χ4n) is 5.33. The number of anilines is 1. The predicted octanol–water partition coefficient (Wildman–Crippen LogP) is 5.23. The van der Waals surface area contributed by atoms with Crippen LogP contribution < -0.4 is 5.73 Å². The summed E-state index contributed by atoms with van der Waals surface area (Å²) in [7, 11) is 0. The highest BCUT2D eigenvalue weighted by molar-refractivity contribution is 5.68. The van der Waals surface area contributed by atoms with Crippen LogP contribution in [0.2, 0.25) is 0 Å². The molecule has 1 saturated heterocycles. The maximum atomic E-state index is 6.16. The summed E-state index contributed by atoms with van der Waals surface area (Å²) in [5.41, 5.74) is 14.6. The van der Waals surface area contributed by atoms with Crippen LogP contribution in [0.15, 0.2) is 36.5 Å². The van der Waals surface area contributed by atoms with E-state index in [1.54, 1.807) is 0 Å². The second kappa shape index (κ2) is 7.49. The van der Waals surface area contributed by atoms with Crippen molar-refractivity contribution in [1.29, 1.82) is 0 Å². The van der Waals surface area contributed by atoms with Gasteiger partial charge in [-0.3, -0.25) is 4.90 Å². The fourth-order valence-corrected chi connectivity index (χ4v) is 5.33. The molecule has 0 radical (unpaired) electrons. The Kier molecular flexibility index (Phi) is 4.83. The Balaban J connectivity index is 1.62. The monoisotopic (exact) mass is 388 g/mol. The van der Waals surface area contributed by atoms with E-state index in [0.29, 0.717) is 12.1 Å². The summed E-state index contributed by atoms with van der Waals surface area (Å²) < 4.78 is 2.22. The second-order valence-corrected chi connectivity index (χ2v) is 9.09. The summed E-state index contributed by atoms with van der Waals surface area (Å²) in [5, 5.41) is 0. The third-order valence-electron chi connectivity index (χ3n) is 7.07. The van der Waals surface area contributed by atoms with Crippen LogP contribution in [0.25, 0.3) is 16.9 Å². The van der Waals surface area contributed by atoms with E-state index in [2.05, 4.69) is 41.3 Å². The van der Waals surface area contributed by atoms with Gasteiger partial charge in [-0.1, -0.05) is 18.6 Å². The molecule has 3 heterocycles. The van der Waals surface area contributed by atoms with E-state index in [1.807, 2.05) is 18.3 Å². The number of pyridine rings is 1. The number of nitrogens with two attached hydrogens (primary N) is 1. The fraction of sp³-hybridized carbons (Fsp3) is 0.480. The maximum absolute atomic E-state index is 6.16. The molecule has 2 unspecified atom stereocenters. The summed E-state index contributed by atoms with van der Waals surface area (Å²) in [4.78, 5) is 7.72. The van der Waals surface area contributed by atoms with Crippen molar-refractivity contribution >= 4 is 11.3 Å². The first-order chi connectivity index (χ1) is 14.1. The summed E-state index contributed by atoms with van der Waals surface area (Å²) in [5.74, 6) is 0. The minimum atomic E-state index is 0.599. The largest absolute Gasteiger partial charge is 0.398 e. The molecule has 1 aliphatic heterocycles. The zero-order chi connectivity index (χ0) is 20.0. The lowest BCUT2D eigenvalue weighted by Crippen LogP contribution is -2.43.